The van der Waals surface area contributed by atoms with E-state index in [4.69, 9.17) is 4.74 Å². The topological polar surface area (TPSA) is 94.1 Å². The van der Waals surface area contributed by atoms with E-state index in [1.54, 1.807) is 12.1 Å². The Bertz CT molecular complexity index is 1360. The molecule has 1 heterocycles. The number of hydrogen-bond acceptors (Lipinski definition) is 6. The summed E-state index contributed by atoms with van der Waals surface area (Å²) in [6.45, 7) is 7.69. The van der Waals surface area contributed by atoms with E-state index in [-0.39, 0.29) is 46.9 Å². The lowest BCUT2D eigenvalue weighted by molar-refractivity contribution is -0.137. The molecule has 7 nitrogen and oxygen atoms in total. The molecule has 2 saturated carbocycles. The van der Waals surface area contributed by atoms with Crippen LogP contribution in [-0.2, 0) is 17.4 Å². The molecule has 2 aromatic rings. The molecule has 1 aliphatic heterocycles. The van der Waals surface area contributed by atoms with Crippen LogP contribution in [0.4, 0.5) is 18.9 Å². The molecule has 0 bridgehead atoms. The van der Waals surface area contributed by atoms with Gasteiger partial charge in [0.15, 0.2) is 0 Å². The Morgan fingerprint density at radius 3 is 2.68 bits per heavy atom. The van der Waals surface area contributed by atoms with Crippen molar-refractivity contribution in [2.75, 3.05) is 31.5 Å². The van der Waals surface area contributed by atoms with Crippen LogP contribution in [0, 0.1) is 17.3 Å². The number of carbonyl (C=O) groups is 1. The number of nitrogens with one attached hydrogen (secondary N) is 2. The zero-order valence-corrected chi connectivity index (χ0v) is 25.5. The maximum absolute atomic E-state index is 14.3. The fraction of sp³-hybridized carbons (Fsp3) is 0.618. The van der Waals surface area contributed by atoms with Crippen LogP contribution >= 0.6 is 0 Å². The Labute approximate surface area is 257 Å². The summed E-state index contributed by atoms with van der Waals surface area (Å²) in [7, 11) is 0. The molecule has 0 radical (unpaired) electrons. The predicted molar refractivity (Wildman–Crippen MR) is 162 cm³/mol. The van der Waals surface area contributed by atoms with Gasteiger partial charge in [-0.1, -0.05) is 13.0 Å². The van der Waals surface area contributed by atoms with Gasteiger partial charge in [-0.05, 0) is 98.7 Å². The zero-order chi connectivity index (χ0) is 31.2. The van der Waals surface area contributed by atoms with E-state index in [9.17, 15) is 28.2 Å². The van der Waals surface area contributed by atoms with Gasteiger partial charge >= 0.3 is 6.18 Å². The molecular weight excluding hydrogens is 571 g/mol. The molecule has 44 heavy (non-hydrogen) atoms. The van der Waals surface area contributed by atoms with Crippen molar-refractivity contribution in [2.45, 2.75) is 89.1 Å². The second-order valence-corrected chi connectivity index (χ2v) is 13.6. The van der Waals surface area contributed by atoms with Crippen LogP contribution in [-0.4, -0.2) is 65.4 Å². The highest BCUT2D eigenvalue weighted by molar-refractivity contribution is 5.91. The van der Waals surface area contributed by atoms with Gasteiger partial charge in [-0.3, -0.25) is 9.69 Å². The molecule has 3 fully saturated rings. The number of phenols is 1. The summed E-state index contributed by atoms with van der Waals surface area (Å²) < 4.78 is 49.5. The van der Waals surface area contributed by atoms with Gasteiger partial charge in [0, 0.05) is 50.0 Å². The molecule has 4 N–H and O–H groups in total. The zero-order valence-electron chi connectivity index (χ0n) is 25.5. The van der Waals surface area contributed by atoms with Gasteiger partial charge in [0.1, 0.15) is 17.6 Å². The summed E-state index contributed by atoms with van der Waals surface area (Å²) in [5.41, 5.74) is 0.514. The largest absolute Gasteiger partial charge is 0.508 e. The number of halogens is 3. The van der Waals surface area contributed by atoms with E-state index in [0.29, 0.717) is 25.2 Å². The van der Waals surface area contributed by atoms with Gasteiger partial charge in [0.2, 0.25) is 5.91 Å². The van der Waals surface area contributed by atoms with E-state index < -0.39 is 29.9 Å². The number of alkyl halides is 3. The molecule has 1 amide bonds. The lowest BCUT2D eigenvalue weighted by Gasteiger charge is -2.53. The van der Waals surface area contributed by atoms with Crippen molar-refractivity contribution in [3.8, 4) is 11.5 Å². The highest BCUT2D eigenvalue weighted by atomic mass is 19.4. The van der Waals surface area contributed by atoms with Gasteiger partial charge in [-0.15, -0.1) is 0 Å². The van der Waals surface area contributed by atoms with E-state index in [1.807, 2.05) is 13.0 Å². The molecule has 3 aliphatic carbocycles. The number of aliphatic hydroxyl groups is 1. The molecule has 4 aliphatic rings. The molecule has 7 atom stereocenters. The summed E-state index contributed by atoms with van der Waals surface area (Å²) in [6, 6.07) is 9.32. The second kappa shape index (κ2) is 12.2. The van der Waals surface area contributed by atoms with E-state index in [1.165, 1.54) is 12.1 Å². The maximum Gasteiger partial charge on any atom is 0.418 e. The number of aromatic hydroxyl groups is 1. The Morgan fingerprint density at radius 2 is 1.93 bits per heavy atom. The van der Waals surface area contributed by atoms with Gasteiger partial charge < -0.3 is 25.6 Å². The number of hydrogen-bond donors (Lipinski definition) is 4. The molecular formula is C34H44F3N3O4. The van der Waals surface area contributed by atoms with E-state index in [0.717, 1.165) is 62.6 Å². The number of aryl methyl sites for hydroxylation is 1. The number of ether oxygens (including phenoxy) is 1. The summed E-state index contributed by atoms with van der Waals surface area (Å²) in [6.07, 6.45) is -1.12. The average molecular weight is 616 g/mol. The molecule has 6 rings (SSSR count). The quantitative estimate of drug-likeness (QED) is 0.320. The van der Waals surface area contributed by atoms with Crippen molar-refractivity contribution in [1.29, 1.82) is 0 Å². The third-order valence-electron chi connectivity index (χ3n) is 11.0. The third-order valence-corrected chi connectivity index (χ3v) is 11.0. The predicted octanol–water partition coefficient (Wildman–Crippen LogP) is 5.70. The number of fused-ring (bicyclic) bond motifs is 5. The van der Waals surface area contributed by atoms with E-state index >= 15 is 0 Å². The van der Waals surface area contributed by atoms with E-state index in [2.05, 4.69) is 22.5 Å². The number of amides is 1. The van der Waals surface area contributed by atoms with Crippen LogP contribution < -0.4 is 15.4 Å². The number of nitrogens with zero attached hydrogens (tertiary/aromatic N) is 1. The number of benzene rings is 2. The van der Waals surface area contributed by atoms with Crippen molar-refractivity contribution in [2.24, 2.45) is 17.3 Å². The SMILES string of the molecule is CC(CCC(=O)Nc1ccc(O[C@H]2C[C@]3(C)[C@@H](O)CC[C@H]3[C@@H]3CCc4cc(O)ccc4[C@H]32)cc1C(F)(F)F)N1CCNCC1. The van der Waals surface area contributed by atoms with Crippen LogP contribution in [0.1, 0.15) is 75.0 Å². The Morgan fingerprint density at radius 1 is 1.16 bits per heavy atom. The van der Waals surface area contributed by atoms with Crippen LogP contribution in [0.15, 0.2) is 36.4 Å². The molecule has 0 aromatic heterocycles. The highest BCUT2D eigenvalue weighted by Gasteiger charge is 2.58. The lowest BCUT2D eigenvalue weighted by atomic mass is 9.54. The maximum atomic E-state index is 14.3. The summed E-state index contributed by atoms with van der Waals surface area (Å²) in [5, 5.41) is 27.0. The van der Waals surface area contributed by atoms with Crippen LogP contribution in [0.5, 0.6) is 11.5 Å². The molecule has 10 heteroatoms. The molecule has 1 unspecified atom stereocenters. The number of rotatable bonds is 7. The summed E-state index contributed by atoms with van der Waals surface area (Å²) in [4.78, 5) is 15.1. The van der Waals surface area contributed by atoms with Gasteiger partial charge in [0.05, 0.1) is 17.4 Å². The number of phenolic OH excluding ortho intramolecular Hbond substituents is 1. The minimum atomic E-state index is -4.70. The normalized spacial score (nSPS) is 31.0. The summed E-state index contributed by atoms with van der Waals surface area (Å²) in [5.74, 6) is 0.292. The smallest absolute Gasteiger partial charge is 0.418 e. The van der Waals surface area contributed by atoms with Crippen LogP contribution in [0.2, 0.25) is 0 Å². The lowest BCUT2D eigenvalue weighted by Crippen LogP contribution is -2.51. The number of anilines is 1. The van der Waals surface area contributed by atoms with Crippen LogP contribution in [0.25, 0.3) is 0 Å². The van der Waals surface area contributed by atoms with Gasteiger partial charge in [-0.2, -0.15) is 13.2 Å². The van der Waals surface area contributed by atoms with Crippen molar-refractivity contribution in [1.82, 2.24) is 10.2 Å². The minimum Gasteiger partial charge on any atom is -0.508 e. The average Bonchev–Trinajstić information content (AvgIpc) is 3.29. The van der Waals surface area contributed by atoms with Gasteiger partial charge in [0.25, 0.3) is 0 Å². The minimum absolute atomic E-state index is 0.0610. The fourth-order valence-corrected chi connectivity index (χ4v) is 8.68. The monoisotopic (exact) mass is 615 g/mol. The number of aliphatic hydroxyl groups excluding tert-OH is 1. The molecule has 1 saturated heterocycles. The first kappa shape index (κ1) is 31.2. The summed E-state index contributed by atoms with van der Waals surface area (Å²) >= 11 is 0. The van der Waals surface area contributed by atoms with Crippen molar-refractivity contribution in [3.05, 3.63) is 53.1 Å². The first-order chi connectivity index (χ1) is 20.9. The second-order valence-electron chi connectivity index (χ2n) is 13.6. The Kier molecular flexibility index (Phi) is 8.63. The molecule has 0 spiro atoms. The molecule has 2 aromatic carbocycles. The Balaban J connectivity index is 1.23. The van der Waals surface area contributed by atoms with Gasteiger partial charge in [-0.25, -0.2) is 0 Å². The number of piperazine rings is 1. The first-order valence-electron chi connectivity index (χ1n) is 16.1. The highest BCUT2D eigenvalue weighted by Crippen LogP contribution is 2.61. The standard InChI is InChI=1S/C34H44F3N3O4/c1-20(40-15-13-38-14-16-40)3-12-31(43)39-28-10-6-23(18-27(28)34(35,36)37)44-29-19-33(2)26(9-11-30(33)42)25-7-4-21-17-22(41)5-8-24(21)32(25)29/h5-6,8,10,17-18,20,25-26,29-30,32,38,41-42H,3-4,7,9,11-16,19H2,1-2H3,(H,39,43)/t20?,25-,26-,29-,30-,32+,33-/m0/s1. The number of carbonyl (C=O) groups excluding carboxylic acids is 1. The van der Waals surface area contributed by atoms with Crippen molar-refractivity contribution in [3.63, 3.8) is 0 Å². The van der Waals surface area contributed by atoms with Crippen LogP contribution in [0.3, 0.4) is 0 Å². The van der Waals surface area contributed by atoms with Crippen molar-refractivity contribution < 1.29 is 32.9 Å². The third kappa shape index (κ3) is 6.05. The fourth-order valence-electron chi connectivity index (χ4n) is 8.68. The first-order valence-corrected chi connectivity index (χ1v) is 16.1. The molecule has 240 valence electrons. The Hall–Kier alpha value is -2.82. The van der Waals surface area contributed by atoms with Crippen molar-refractivity contribution >= 4 is 11.6 Å².